The van der Waals surface area contributed by atoms with Crippen molar-refractivity contribution in [2.45, 2.75) is 6.92 Å². The predicted octanol–water partition coefficient (Wildman–Crippen LogP) is 2.64. The first-order chi connectivity index (χ1) is 6.50. The molecule has 6 heteroatoms. The lowest BCUT2D eigenvalue weighted by molar-refractivity contribution is -0.385. The Morgan fingerprint density at radius 3 is 2.64 bits per heavy atom. The van der Waals surface area contributed by atoms with Crippen LogP contribution in [0.2, 0.25) is 0 Å². The largest absolute Gasteiger partial charge is 0.414 e. The minimum absolute atomic E-state index is 0.0284. The van der Waals surface area contributed by atoms with Gasteiger partial charge in [0.15, 0.2) is 0 Å². The minimum atomic E-state index is -0.974. The molecule has 0 radical (unpaired) electrons. The average Bonchev–Trinajstić information content (AvgIpc) is 2.01. The first kappa shape index (κ1) is 10.5. The van der Waals surface area contributed by atoms with Crippen molar-refractivity contribution in [3.8, 4) is 5.75 Å². The lowest BCUT2D eigenvalue weighted by atomic mass is 10.2. The lowest BCUT2D eigenvalue weighted by Gasteiger charge is -2.01. The highest BCUT2D eigenvalue weighted by Gasteiger charge is 2.11. The summed E-state index contributed by atoms with van der Waals surface area (Å²) in [5, 5.41) is 10.4. The Bertz CT molecular complexity index is 391. The van der Waals surface area contributed by atoms with Gasteiger partial charge in [-0.3, -0.25) is 10.1 Å². The van der Waals surface area contributed by atoms with Gasteiger partial charge in [-0.05, 0) is 19.1 Å². The minimum Gasteiger partial charge on any atom is -0.414 e. The molecule has 1 rings (SSSR count). The molecule has 14 heavy (non-hydrogen) atoms. The highest BCUT2D eigenvalue weighted by molar-refractivity contribution is 6.61. The maximum absolute atomic E-state index is 10.4. The third kappa shape index (κ3) is 2.43. The number of nitro groups is 1. The third-order valence-corrected chi connectivity index (χ3v) is 1.64. The van der Waals surface area contributed by atoms with E-state index in [1.54, 1.807) is 6.92 Å². The van der Waals surface area contributed by atoms with Gasteiger partial charge in [-0.15, -0.1) is 0 Å². The molecule has 0 aliphatic heterocycles. The van der Waals surface area contributed by atoms with E-state index in [1.807, 2.05) is 0 Å². The van der Waals surface area contributed by atoms with E-state index in [2.05, 4.69) is 4.74 Å². The monoisotopic (exact) mass is 215 g/mol. The summed E-state index contributed by atoms with van der Waals surface area (Å²) in [6.45, 7) is 1.55. The Kier molecular flexibility index (Phi) is 3.03. The smallest absolute Gasteiger partial charge is 0.409 e. The molecular weight excluding hydrogens is 210 g/mol. The number of ether oxygens (including phenoxy) is 1. The number of halogens is 1. The predicted molar refractivity (Wildman–Crippen MR) is 49.7 cm³/mol. The van der Waals surface area contributed by atoms with Gasteiger partial charge in [-0.25, -0.2) is 4.79 Å². The summed E-state index contributed by atoms with van der Waals surface area (Å²) >= 11 is 4.97. The average molecular weight is 216 g/mol. The van der Waals surface area contributed by atoms with Crippen molar-refractivity contribution in [2.75, 3.05) is 0 Å². The van der Waals surface area contributed by atoms with Crippen LogP contribution in [0.15, 0.2) is 18.2 Å². The fraction of sp³-hybridized carbons (Fsp3) is 0.125. The van der Waals surface area contributed by atoms with Gasteiger partial charge in [0.2, 0.25) is 0 Å². The van der Waals surface area contributed by atoms with Crippen LogP contribution in [0.4, 0.5) is 10.5 Å². The Balaban J connectivity index is 3.00. The molecule has 0 unspecified atom stereocenters. The van der Waals surface area contributed by atoms with Gasteiger partial charge >= 0.3 is 5.43 Å². The van der Waals surface area contributed by atoms with E-state index in [4.69, 9.17) is 11.6 Å². The normalized spacial score (nSPS) is 9.57. The number of carbonyl (C=O) groups excluding carboxylic acids is 1. The Morgan fingerprint density at radius 1 is 1.57 bits per heavy atom. The molecule has 0 aromatic heterocycles. The molecule has 0 bridgehead atoms. The molecule has 0 N–H and O–H groups in total. The number of nitrogens with zero attached hydrogens (tertiary/aromatic N) is 1. The van der Waals surface area contributed by atoms with Crippen molar-refractivity contribution in [3.05, 3.63) is 33.9 Å². The van der Waals surface area contributed by atoms with Crippen LogP contribution >= 0.6 is 11.6 Å². The van der Waals surface area contributed by atoms with E-state index in [0.29, 0.717) is 5.56 Å². The second kappa shape index (κ2) is 4.06. The molecule has 0 aliphatic rings. The van der Waals surface area contributed by atoms with Gasteiger partial charge in [0.25, 0.3) is 5.69 Å². The summed E-state index contributed by atoms with van der Waals surface area (Å²) in [6, 6.07) is 3.94. The van der Waals surface area contributed by atoms with Crippen LogP contribution in [0.25, 0.3) is 0 Å². The maximum Gasteiger partial charge on any atom is 0.409 e. The zero-order valence-electron chi connectivity index (χ0n) is 7.19. The van der Waals surface area contributed by atoms with Crippen molar-refractivity contribution >= 4 is 22.7 Å². The second-order valence-corrected chi connectivity index (χ2v) is 2.85. The van der Waals surface area contributed by atoms with E-state index in [9.17, 15) is 14.9 Å². The molecule has 0 aliphatic carbocycles. The van der Waals surface area contributed by atoms with E-state index >= 15 is 0 Å². The van der Waals surface area contributed by atoms with Crippen molar-refractivity contribution in [2.24, 2.45) is 0 Å². The number of hydrogen-bond donors (Lipinski definition) is 0. The third-order valence-electron chi connectivity index (χ3n) is 1.56. The van der Waals surface area contributed by atoms with Gasteiger partial charge in [-0.1, -0.05) is 0 Å². The van der Waals surface area contributed by atoms with Crippen LogP contribution < -0.4 is 4.74 Å². The van der Waals surface area contributed by atoms with Gasteiger partial charge in [0.1, 0.15) is 5.75 Å². The molecule has 0 amide bonds. The maximum atomic E-state index is 10.4. The second-order valence-electron chi connectivity index (χ2n) is 2.55. The molecule has 0 spiro atoms. The fourth-order valence-corrected chi connectivity index (χ4v) is 1.08. The summed E-state index contributed by atoms with van der Waals surface area (Å²) in [5.74, 6) is 0.188. The van der Waals surface area contributed by atoms with Crippen molar-refractivity contribution in [1.82, 2.24) is 0 Å². The SMILES string of the molecule is Cc1cc(OC(=O)Cl)ccc1[N+](=O)[O-]. The number of hydrogen-bond acceptors (Lipinski definition) is 4. The van der Waals surface area contributed by atoms with Gasteiger partial charge in [0, 0.05) is 23.2 Å². The first-order valence-corrected chi connectivity index (χ1v) is 4.01. The molecule has 0 heterocycles. The topological polar surface area (TPSA) is 69.4 Å². The number of aryl methyl sites for hydroxylation is 1. The van der Waals surface area contributed by atoms with Crippen LogP contribution in [0, 0.1) is 17.0 Å². The van der Waals surface area contributed by atoms with Crippen molar-refractivity contribution in [3.63, 3.8) is 0 Å². The van der Waals surface area contributed by atoms with Gasteiger partial charge in [-0.2, -0.15) is 0 Å². The number of nitro benzene ring substituents is 1. The van der Waals surface area contributed by atoms with E-state index in [0.717, 1.165) is 0 Å². The first-order valence-electron chi connectivity index (χ1n) is 3.63. The number of benzene rings is 1. The molecular formula is C8H6ClNO4. The molecule has 1 aromatic rings. The van der Waals surface area contributed by atoms with Crippen LogP contribution in [0.5, 0.6) is 5.75 Å². The lowest BCUT2D eigenvalue weighted by Crippen LogP contribution is -1.97. The van der Waals surface area contributed by atoms with E-state index < -0.39 is 10.4 Å². The van der Waals surface area contributed by atoms with Gasteiger partial charge in [0.05, 0.1) is 4.92 Å². The van der Waals surface area contributed by atoms with Crippen LogP contribution in [0.3, 0.4) is 0 Å². The van der Waals surface area contributed by atoms with E-state index in [-0.39, 0.29) is 11.4 Å². The van der Waals surface area contributed by atoms with Gasteiger partial charge < -0.3 is 4.74 Å². The highest BCUT2D eigenvalue weighted by atomic mass is 35.5. The van der Waals surface area contributed by atoms with Crippen LogP contribution in [-0.4, -0.2) is 10.4 Å². The molecule has 0 fully saturated rings. The zero-order valence-corrected chi connectivity index (χ0v) is 7.95. The fourth-order valence-electron chi connectivity index (χ4n) is 0.989. The summed E-state index contributed by atoms with van der Waals surface area (Å²) in [7, 11) is 0. The number of rotatable bonds is 2. The van der Waals surface area contributed by atoms with Crippen molar-refractivity contribution < 1.29 is 14.5 Å². The molecule has 5 nitrogen and oxygen atoms in total. The van der Waals surface area contributed by atoms with Crippen LogP contribution in [-0.2, 0) is 0 Å². The molecule has 0 saturated carbocycles. The Labute approximate surface area is 84.4 Å². The zero-order chi connectivity index (χ0) is 10.7. The summed E-state index contributed by atoms with van der Waals surface area (Å²) in [5.41, 5.74) is -0.594. The summed E-state index contributed by atoms with van der Waals surface area (Å²) in [4.78, 5) is 20.3. The standard InChI is InChI=1S/C8H6ClNO4/c1-5-4-6(14-8(9)11)2-3-7(5)10(12)13/h2-4H,1H3. The Hall–Kier alpha value is -1.62. The van der Waals surface area contributed by atoms with E-state index in [1.165, 1.54) is 18.2 Å². The molecule has 0 saturated heterocycles. The highest BCUT2D eigenvalue weighted by Crippen LogP contribution is 2.23. The molecule has 0 atom stereocenters. The Morgan fingerprint density at radius 2 is 2.21 bits per heavy atom. The quantitative estimate of drug-likeness (QED) is 0.432. The molecule has 74 valence electrons. The summed E-state index contributed by atoms with van der Waals surface area (Å²) < 4.78 is 4.53. The summed E-state index contributed by atoms with van der Waals surface area (Å²) in [6.07, 6.45) is 0. The van der Waals surface area contributed by atoms with Crippen LogP contribution in [0.1, 0.15) is 5.56 Å². The number of carbonyl (C=O) groups is 1. The van der Waals surface area contributed by atoms with Crippen molar-refractivity contribution in [1.29, 1.82) is 0 Å². The molecule has 1 aromatic carbocycles.